The van der Waals surface area contributed by atoms with Crippen LogP contribution in [0.4, 0.5) is 0 Å². The molecule has 0 spiro atoms. The minimum atomic E-state index is 0.612. The van der Waals surface area contributed by atoms with E-state index in [0.29, 0.717) is 24.2 Å². The van der Waals surface area contributed by atoms with Gasteiger partial charge < -0.3 is 10.5 Å². The molecule has 0 saturated heterocycles. The zero-order chi connectivity index (χ0) is 9.40. The topological polar surface area (TPSA) is 47.6 Å². The first-order chi connectivity index (χ1) is 5.66. The molecule has 0 atom stereocenters. The summed E-state index contributed by atoms with van der Waals surface area (Å²) in [5.74, 6) is 1.53. The number of hydrogen-bond donors (Lipinski definition) is 1. The smallest absolute Gasteiger partial charge is 0.104 e. The maximum Gasteiger partial charge on any atom is 0.104 e. The van der Waals surface area contributed by atoms with Gasteiger partial charge in [0.25, 0.3) is 0 Å². The van der Waals surface area contributed by atoms with Gasteiger partial charge in [0.15, 0.2) is 0 Å². The third kappa shape index (κ3) is 7.88. The van der Waals surface area contributed by atoms with Gasteiger partial charge in [-0.3, -0.25) is 4.99 Å². The van der Waals surface area contributed by atoms with E-state index in [-0.39, 0.29) is 0 Å². The van der Waals surface area contributed by atoms with Crippen LogP contribution in [0.2, 0.25) is 0 Å². The van der Waals surface area contributed by atoms with Gasteiger partial charge in [-0.1, -0.05) is 13.8 Å². The van der Waals surface area contributed by atoms with Crippen molar-refractivity contribution >= 4 is 17.6 Å². The molecule has 0 aromatic heterocycles. The van der Waals surface area contributed by atoms with Gasteiger partial charge in [-0.05, 0) is 5.25 Å². The molecule has 0 aliphatic heterocycles. The van der Waals surface area contributed by atoms with Crippen LogP contribution < -0.4 is 5.73 Å². The van der Waals surface area contributed by atoms with Crippen LogP contribution in [0.3, 0.4) is 0 Å². The minimum Gasteiger partial charge on any atom is -0.387 e. The molecule has 0 aromatic rings. The van der Waals surface area contributed by atoms with E-state index in [2.05, 4.69) is 18.8 Å². The van der Waals surface area contributed by atoms with Crippen molar-refractivity contribution < 1.29 is 4.74 Å². The summed E-state index contributed by atoms with van der Waals surface area (Å²) < 4.78 is 4.85. The molecule has 0 rings (SSSR count). The highest BCUT2D eigenvalue weighted by molar-refractivity contribution is 8.00. The zero-order valence-corrected chi connectivity index (χ0v) is 8.86. The molecule has 0 amide bonds. The van der Waals surface area contributed by atoms with Crippen LogP contribution >= 0.6 is 11.8 Å². The molecule has 0 unspecified atom stereocenters. The van der Waals surface area contributed by atoms with Gasteiger partial charge in [-0.25, -0.2) is 0 Å². The highest BCUT2D eigenvalue weighted by Crippen LogP contribution is 2.07. The number of nitrogens with zero attached hydrogens (tertiary/aromatic N) is 1. The van der Waals surface area contributed by atoms with Gasteiger partial charge in [-0.2, -0.15) is 11.8 Å². The molecule has 0 aliphatic carbocycles. The summed E-state index contributed by atoms with van der Waals surface area (Å²) in [7, 11) is 1.66. The largest absolute Gasteiger partial charge is 0.387 e. The fourth-order valence-electron chi connectivity index (χ4n) is 0.578. The summed E-state index contributed by atoms with van der Waals surface area (Å²) in [6.07, 6.45) is 0. The van der Waals surface area contributed by atoms with E-state index >= 15 is 0 Å². The van der Waals surface area contributed by atoms with Crippen molar-refractivity contribution in [1.82, 2.24) is 0 Å². The molecule has 0 heterocycles. The maximum absolute atomic E-state index is 5.64. The number of ether oxygens (including phenoxy) is 1. The Balaban J connectivity index is 3.42. The highest BCUT2D eigenvalue weighted by Gasteiger charge is 1.96. The number of nitrogens with two attached hydrogens (primary N) is 1. The van der Waals surface area contributed by atoms with Gasteiger partial charge >= 0.3 is 0 Å². The summed E-state index contributed by atoms with van der Waals surface area (Å²) in [5.41, 5.74) is 5.64. The predicted molar refractivity (Wildman–Crippen MR) is 56.0 cm³/mol. The van der Waals surface area contributed by atoms with Gasteiger partial charge in [0.05, 0.1) is 18.9 Å². The fourth-order valence-corrected chi connectivity index (χ4v) is 1.17. The lowest BCUT2D eigenvalue weighted by atomic mass is 10.6. The molecule has 12 heavy (non-hydrogen) atoms. The quantitative estimate of drug-likeness (QED) is 0.388. The predicted octanol–water partition coefficient (Wildman–Crippen LogP) is 1.13. The van der Waals surface area contributed by atoms with E-state index in [0.717, 1.165) is 5.75 Å². The van der Waals surface area contributed by atoms with E-state index in [4.69, 9.17) is 10.5 Å². The second-order valence-electron chi connectivity index (χ2n) is 2.73. The molecule has 3 nitrogen and oxygen atoms in total. The lowest BCUT2D eigenvalue weighted by Gasteiger charge is -2.03. The van der Waals surface area contributed by atoms with E-state index in [9.17, 15) is 0 Å². The number of hydrogen-bond acceptors (Lipinski definition) is 3. The molecule has 4 heteroatoms. The SMILES string of the molecule is COCCN=C(N)CSC(C)C. The summed E-state index contributed by atoms with van der Waals surface area (Å²) in [6.45, 7) is 5.61. The van der Waals surface area contributed by atoms with Crippen LogP contribution in [0.1, 0.15) is 13.8 Å². The second-order valence-corrected chi connectivity index (χ2v) is 4.29. The fraction of sp³-hybridized carbons (Fsp3) is 0.875. The van der Waals surface area contributed by atoms with Gasteiger partial charge in [0.1, 0.15) is 5.84 Å². The lowest BCUT2D eigenvalue weighted by molar-refractivity contribution is 0.208. The first-order valence-electron chi connectivity index (χ1n) is 4.06. The zero-order valence-electron chi connectivity index (χ0n) is 8.04. The van der Waals surface area contributed by atoms with Crippen LogP contribution in [-0.2, 0) is 4.74 Å². The first kappa shape index (κ1) is 11.8. The van der Waals surface area contributed by atoms with E-state index in [1.807, 2.05) is 0 Å². The monoisotopic (exact) mass is 190 g/mol. The number of methoxy groups -OCH3 is 1. The van der Waals surface area contributed by atoms with Gasteiger partial charge in [0.2, 0.25) is 0 Å². The van der Waals surface area contributed by atoms with Crippen molar-refractivity contribution in [1.29, 1.82) is 0 Å². The third-order valence-electron chi connectivity index (χ3n) is 1.17. The molecule has 0 aliphatic rings. The second kappa shape index (κ2) is 7.43. The number of aliphatic imine (C=N–C) groups is 1. The Hall–Kier alpha value is -0.220. The van der Waals surface area contributed by atoms with Crippen molar-refractivity contribution in [3.05, 3.63) is 0 Å². The Morgan fingerprint density at radius 3 is 2.75 bits per heavy atom. The number of rotatable bonds is 6. The van der Waals surface area contributed by atoms with Gasteiger partial charge in [0, 0.05) is 7.11 Å². The average Bonchev–Trinajstić information content (AvgIpc) is 2.01. The third-order valence-corrected chi connectivity index (χ3v) is 2.30. The van der Waals surface area contributed by atoms with E-state index < -0.39 is 0 Å². The molecular weight excluding hydrogens is 172 g/mol. The van der Waals surface area contributed by atoms with E-state index in [1.54, 1.807) is 18.9 Å². The molecule has 0 radical (unpaired) electrons. The first-order valence-corrected chi connectivity index (χ1v) is 5.11. The summed E-state index contributed by atoms with van der Waals surface area (Å²) in [4.78, 5) is 4.13. The normalized spacial score (nSPS) is 12.5. The van der Waals surface area contributed by atoms with E-state index in [1.165, 1.54) is 0 Å². The van der Waals surface area contributed by atoms with Crippen molar-refractivity contribution in [2.75, 3.05) is 26.0 Å². The highest BCUT2D eigenvalue weighted by atomic mass is 32.2. The van der Waals surface area contributed by atoms with Crippen molar-refractivity contribution in [3.63, 3.8) is 0 Å². The van der Waals surface area contributed by atoms with Crippen LogP contribution in [0.5, 0.6) is 0 Å². The Kier molecular flexibility index (Phi) is 7.29. The molecule has 2 N–H and O–H groups in total. The minimum absolute atomic E-state index is 0.612. The van der Waals surface area contributed by atoms with Crippen molar-refractivity contribution in [2.45, 2.75) is 19.1 Å². The van der Waals surface area contributed by atoms with Gasteiger partial charge in [-0.15, -0.1) is 0 Å². The molecular formula is C8H18N2OS. The maximum atomic E-state index is 5.64. The molecule has 0 bridgehead atoms. The van der Waals surface area contributed by atoms with Crippen LogP contribution in [0.15, 0.2) is 4.99 Å². The average molecular weight is 190 g/mol. The number of amidine groups is 1. The Labute approximate surface area is 78.8 Å². The molecule has 0 fully saturated rings. The molecule has 0 aromatic carbocycles. The van der Waals surface area contributed by atoms with Crippen LogP contribution in [0, 0.1) is 0 Å². The Morgan fingerprint density at radius 2 is 2.25 bits per heavy atom. The summed E-state index contributed by atoms with van der Waals surface area (Å²) in [5, 5.41) is 0.612. The Morgan fingerprint density at radius 1 is 1.58 bits per heavy atom. The lowest BCUT2D eigenvalue weighted by Crippen LogP contribution is -2.17. The summed E-state index contributed by atoms with van der Waals surface area (Å²) >= 11 is 1.80. The van der Waals surface area contributed by atoms with Crippen molar-refractivity contribution in [3.8, 4) is 0 Å². The molecule has 0 saturated carbocycles. The summed E-state index contributed by atoms with van der Waals surface area (Å²) in [6, 6.07) is 0. The number of thioether (sulfide) groups is 1. The van der Waals surface area contributed by atoms with Crippen LogP contribution in [0.25, 0.3) is 0 Å². The Bertz CT molecular complexity index is 137. The van der Waals surface area contributed by atoms with Crippen LogP contribution in [-0.4, -0.2) is 37.1 Å². The van der Waals surface area contributed by atoms with Crippen molar-refractivity contribution in [2.24, 2.45) is 10.7 Å². The standard InChI is InChI=1S/C8H18N2OS/c1-7(2)12-6-8(9)10-4-5-11-3/h7H,4-6H2,1-3H3,(H2,9,10). The molecule has 72 valence electrons.